The number of nitrogens with zero attached hydrogens (tertiary/aromatic N) is 2. The second kappa shape index (κ2) is 7.45. The second-order valence-corrected chi connectivity index (χ2v) is 5.61. The number of hydrogen-bond acceptors (Lipinski definition) is 4. The predicted molar refractivity (Wildman–Crippen MR) is 80.8 cm³/mol. The van der Waals surface area contributed by atoms with Gasteiger partial charge in [0.2, 0.25) is 0 Å². The van der Waals surface area contributed by atoms with Crippen LogP contribution in [0.15, 0.2) is 23.1 Å². The van der Waals surface area contributed by atoms with Crippen molar-refractivity contribution in [3.05, 3.63) is 28.7 Å². The Labute approximate surface area is 120 Å². The van der Waals surface area contributed by atoms with Gasteiger partial charge in [-0.2, -0.15) is 0 Å². The number of methoxy groups -OCH3 is 1. The summed E-state index contributed by atoms with van der Waals surface area (Å²) in [5, 5.41) is 0. The lowest BCUT2D eigenvalue weighted by Crippen LogP contribution is -2.38. The molecule has 0 radical (unpaired) electrons. The number of likely N-dealkylation sites (tertiary alicyclic amines) is 1. The maximum Gasteiger partial charge on any atom is 0.250 e. The Kier molecular flexibility index (Phi) is 5.61. The first kappa shape index (κ1) is 15.1. The lowest BCUT2D eigenvalue weighted by Gasteiger charge is -2.32. The van der Waals surface area contributed by atoms with E-state index in [-0.39, 0.29) is 5.56 Å². The summed E-state index contributed by atoms with van der Waals surface area (Å²) in [5.41, 5.74) is 6.37. The van der Waals surface area contributed by atoms with Crippen LogP contribution in [-0.2, 0) is 11.3 Å². The third-order valence-corrected chi connectivity index (χ3v) is 3.89. The van der Waals surface area contributed by atoms with Gasteiger partial charge < -0.3 is 19.9 Å². The van der Waals surface area contributed by atoms with Crippen LogP contribution in [0.3, 0.4) is 0 Å². The van der Waals surface area contributed by atoms with Crippen molar-refractivity contribution in [2.24, 2.45) is 5.92 Å². The molecule has 0 aromatic carbocycles. The minimum atomic E-state index is 0.0232. The highest BCUT2D eigenvalue weighted by Crippen LogP contribution is 2.16. The number of aryl methyl sites for hydroxylation is 1. The van der Waals surface area contributed by atoms with Gasteiger partial charge in [0.25, 0.3) is 5.56 Å². The molecule has 2 rings (SSSR count). The Morgan fingerprint density at radius 1 is 1.40 bits per heavy atom. The van der Waals surface area contributed by atoms with Gasteiger partial charge in [-0.25, -0.2) is 0 Å². The van der Waals surface area contributed by atoms with Crippen molar-refractivity contribution in [1.29, 1.82) is 0 Å². The van der Waals surface area contributed by atoms with Crippen molar-refractivity contribution >= 4 is 5.69 Å². The molecule has 0 spiro atoms. The highest BCUT2D eigenvalue weighted by Gasteiger charge is 2.19. The summed E-state index contributed by atoms with van der Waals surface area (Å²) in [5.74, 6) is 0.656. The van der Waals surface area contributed by atoms with Gasteiger partial charge in [0.15, 0.2) is 0 Å². The second-order valence-electron chi connectivity index (χ2n) is 5.61. The molecule has 1 fully saturated rings. The summed E-state index contributed by atoms with van der Waals surface area (Å²) in [4.78, 5) is 14.1. The molecule has 0 saturated carbocycles. The average molecular weight is 279 g/mol. The Morgan fingerprint density at radius 2 is 2.25 bits per heavy atom. The minimum Gasteiger partial charge on any atom is -0.398 e. The van der Waals surface area contributed by atoms with Gasteiger partial charge >= 0.3 is 0 Å². The number of hydrogen-bond donors (Lipinski definition) is 1. The molecular formula is C15H25N3O2. The van der Waals surface area contributed by atoms with Gasteiger partial charge in [-0.3, -0.25) is 4.79 Å². The van der Waals surface area contributed by atoms with Crippen molar-refractivity contribution in [2.75, 3.05) is 39.1 Å². The highest BCUT2D eigenvalue weighted by molar-refractivity contribution is 5.33. The summed E-state index contributed by atoms with van der Waals surface area (Å²) in [6.07, 6.45) is 5.21. The first-order valence-corrected chi connectivity index (χ1v) is 7.36. The van der Waals surface area contributed by atoms with Crippen molar-refractivity contribution in [1.82, 2.24) is 9.47 Å². The Morgan fingerprint density at radius 3 is 3.05 bits per heavy atom. The summed E-state index contributed by atoms with van der Waals surface area (Å²) in [6, 6.07) is 3.18. The van der Waals surface area contributed by atoms with E-state index in [4.69, 9.17) is 10.5 Å². The number of aromatic nitrogens is 1. The molecule has 0 aliphatic carbocycles. The van der Waals surface area contributed by atoms with Crippen molar-refractivity contribution in [2.45, 2.75) is 25.8 Å². The number of pyridine rings is 1. The zero-order chi connectivity index (χ0) is 14.4. The van der Waals surface area contributed by atoms with E-state index in [2.05, 4.69) is 4.90 Å². The van der Waals surface area contributed by atoms with Gasteiger partial charge in [0.1, 0.15) is 0 Å². The third kappa shape index (κ3) is 4.35. The summed E-state index contributed by atoms with van der Waals surface area (Å²) in [7, 11) is 1.77. The van der Waals surface area contributed by atoms with Crippen molar-refractivity contribution < 1.29 is 4.74 Å². The molecule has 5 nitrogen and oxygen atoms in total. The molecule has 1 aliphatic rings. The van der Waals surface area contributed by atoms with Gasteiger partial charge in [-0.1, -0.05) is 0 Å². The topological polar surface area (TPSA) is 60.5 Å². The number of nitrogen functional groups attached to an aromatic ring is 1. The monoisotopic (exact) mass is 279 g/mol. The van der Waals surface area contributed by atoms with Gasteiger partial charge in [-0.15, -0.1) is 0 Å². The lowest BCUT2D eigenvalue weighted by molar-refractivity contribution is 0.0895. The molecular weight excluding hydrogens is 254 g/mol. The standard InChI is InChI=1S/C15H25N3O2/c1-20-12-13-4-2-7-17(10-13)8-3-9-18-11-14(16)5-6-15(18)19/h5-6,11,13H,2-4,7-10,12,16H2,1H3. The molecule has 0 bridgehead atoms. The van der Waals surface area contributed by atoms with E-state index in [0.717, 1.165) is 39.2 Å². The van der Waals surface area contributed by atoms with E-state index in [0.29, 0.717) is 11.6 Å². The number of ether oxygens (including phenoxy) is 1. The molecule has 20 heavy (non-hydrogen) atoms. The normalized spacial score (nSPS) is 20.1. The van der Waals surface area contributed by atoms with E-state index in [1.54, 1.807) is 23.9 Å². The third-order valence-electron chi connectivity index (χ3n) is 3.89. The van der Waals surface area contributed by atoms with Crippen LogP contribution in [0, 0.1) is 5.92 Å². The van der Waals surface area contributed by atoms with Crippen LogP contribution < -0.4 is 11.3 Å². The quantitative estimate of drug-likeness (QED) is 0.849. The van der Waals surface area contributed by atoms with Crippen molar-refractivity contribution in [3.63, 3.8) is 0 Å². The lowest BCUT2D eigenvalue weighted by atomic mass is 9.99. The van der Waals surface area contributed by atoms with Gasteiger partial charge in [-0.05, 0) is 44.3 Å². The van der Waals surface area contributed by atoms with Crippen LogP contribution in [0.5, 0.6) is 0 Å². The Hall–Kier alpha value is -1.33. The highest BCUT2D eigenvalue weighted by atomic mass is 16.5. The van der Waals surface area contributed by atoms with Gasteiger partial charge in [0.05, 0.1) is 6.61 Å². The Balaban J connectivity index is 1.78. The molecule has 2 N–H and O–H groups in total. The molecule has 112 valence electrons. The average Bonchev–Trinajstić information content (AvgIpc) is 2.43. The van der Waals surface area contributed by atoms with Crippen LogP contribution in [0.25, 0.3) is 0 Å². The van der Waals surface area contributed by atoms with Crippen LogP contribution in [-0.4, -0.2) is 42.8 Å². The van der Waals surface area contributed by atoms with Crippen LogP contribution in [0.1, 0.15) is 19.3 Å². The van der Waals surface area contributed by atoms with E-state index in [1.807, 2.05) is 0 Å². The minimum absolute atomic E-state index is 0.0232. The van der Waals surface area contributed by atoms with Crippen LogP contribution in [0.2, 0.25) is 0 Å². The summed E-state index contributed by atoms with van der Waals surface area (Å²) in [6.45, 7) is 4.88. The predicted octanol–water partition coefficient (Wildman–Crippen LogP) is 1.18. The first-order valence-electron chi connectivity index (χ1n) is 7.36. The molecule has 1 atom stereocenters. The summed E-state index contributed by atoms with van der Waals surface area (Å²) < 4.78 is 6.95. The largest absolute Gasteiger partial charge is 0.398 e. The van der Waals surface area contributed by atoms with E-state index in [1.165, 1.54) is 18.9 Å². The molecule has 0 amide bonds. The molecule has 1 unspecified atom stereocenters. The first-order chi connectivity index (χ1) is 9.69. The Bertz CT molecular complexity index is 470. The van der Waals surface area contributed by atoms with E-state index >= 15 is 0 Å². The molecule has 1 aromatic rings. The van der Waals surface area contributed by atoms with Gasteiger partial charge in [0, 0.05) is 38.1 Å². The zero-order valence-corrected chi connectivity index (χ0v) is 12.3. The molecule has 2 heterocycles. The van der Waals surface area contributed by atoms with E-state index in [9.17, 15) is 4.79 Å². The molecule has 1 saturated heterocycles. The number of rotatable bonds is 6. The fourth-order valence-electron chi connectivity index (χ4n) is 2.92. The number of nitrogens with two attached hydrogens (primary N) is 1. The molecule has 5 heteroatoms. The van der Waals surface area contributed by atoms with Crippen LogP contribution >= 0.6 is 0 Å². The SMILES string of the molecule is COCC1CCCN(CCCn2cc(N)ccc2=O)C1. The van der Waals surface area contributed by atoms with Crippen LogP contribution in [0.4, 0.5) is 5.69 Å². The fraction of sp³-hybridized carbons (Fsp3) is 0.667. The number of piperidine rings is 1. The zero-order valence-electron chi connectivity index (χ0n) is 12.3. The van der Waals surface area contributed by atoms with E-state index < -0.39 is 0 Å². The maximum absolute atomic E-state index is 11.7. The van der Waals surface area contributed by atoms with Crippen molar-refractivity contribution in [3.8, 4) is 0 Å². The summed E-state index contributed by atoms with van der Waals surface area (Å²) >= 11 is 0. The fourth-order valence-corrected chi connectivity index (χ4v) is 2.92. The molecule has 1 aliphatic heterocycles. The maximum atomic E-state index is 11.7. The molecule has 1 aromatic heterocycles. The smallest absolute Gasteiger partial charge is 0.250 e. The number of anilines is 1.